The van der Waals surface area contributed by atoms with Gasteiger partial charge in [-0.3, -0.25) is 5.10 Å². The van der Waals surface area contributed by atoms with Crippen LogP contribution in [0.5, 0.6) is 0 Å². The Bertz CT molecular complexity index is 581. The summed E-state index contributed by atoms with van der Waals surface area (Å²) in [5.41, 5.74) is 2.34. The number of H-pyrrole nitrogens is 1. The summed E-state index contributed by atoms with van der Waals surface area (Å²) in [4.78, 5) is 0. The van der Waals surface area contributed by atoms with Crippen LogP contribution in [0.15, 0.2) is 34.8 Å². The Labute approximate surface area is 107 Å². The zero-order valence-corrected chi connectivity index (χ0v) is 11.0. The summed E-state index contributed by atoms with van der Waals surface area (Å²) >= 11 is 8.83. The van der Waals surface area contributed by atoms with Gasteiger partial charge in [0.2, 0.25) is 0 Å². The quantitative estimate of drug-likeness (QED) is 0.824. The second kappa shape index (κ2) is 3.86. The number of benzene rings is 1. The molecule has 3 rings (SSSR count). The van der Waals surface area contributed by atoms with Gasteiger partial charge >= 0.3 is 0 Å². The number of halogens is 1. The van der Waals surface area contributed by atoms with E-state index in [2.05, 4.69) is 33.2 Å². The van der Waals surface area contributed by atoms with Crippen molar-refractivity contribution in [2.45, 2.75) is 18.8 Å². The largest absolute Gasteiger partial charge is 0.297 e. The van der Waals surface area contributed by atoms with Gasteiger partial charge in [-0.25, -0.2) is 4.68 Å². The lowest BCUT2D eigenvalue weighted by Crippen LogP contribution is -1.96. The van der Waals surface area contributed by atoms with Crippen LogP contribution in [0.3, 0.4) is 0 Å². The van der Waals surface area contributed by atoms with E-state index in [1.54, 1.807) is 0 Å². The molecule has 0 spiro atoms. The maximum absolute atomic E-state index is 5.36. The number of aromatic amines is 1. The molecule has 0 unspecified atom stereocenters. The van der Waals surface area contributed by atoms with Crippen molar-refractivity contribution in [3.8, 4) is 5.69 Å². The van der Waals surface area contributed by atoms with Crippen molar-refractivity contribution in [2.75, 3.05) is 0 Å². The van der Waals surface area contributed by atoms with Gasteiger partial charge in [0.15, 0.2) is 0 Å². The zero-order valence-electron chi connectivity index (χ0n) is 8.61. The van der Waals surface area contributed by atoms with Crippen molar-refractivity contribution >= 4 is 28.1 Å². The number of hydrogen-bond donors (Lipinski definition) is 1. The topological polar surface area (TPSA) is 20.7 Å². The monoisotopic (exact) mass is 294 g/mol. The molecular weight excluding hydrogens is 284 g/mol. The molecule has 1 fully saturated rings. The first-order valence-corrected chi connectivity index (χ1v) is 6.52. The molecular formula is C12H11BrN2S. The number of rotatable bonds is 2. The molecule has 1 N–H and O–H groups in total. The van der Waals surface area contributed by atoms with Gasteiger partial charge in [0.1, 0.15) is 4.64 Å². The first-order chi connectivity index (χ1) is 7.74. The summed E-state index contributed by atoms with van der Waals surface area (Å²) in [5.74, 6) is 0.704. The van der Waals surface area contributed by atoms with Crippen LogP contribution in [0.1, 0.15) is 24.5 Å². The lowest BCUT2D eigenvalue weighted by Gasteiger charge is -2.03. The average molecular weight is 295 g/mol. The summed E-state index contributed by atoms with van der Waals surface area (Å²) in [5, 5.41) is 3.38. The average Bonchev–Trinajstić information content (AvgIpc) is 3.02. The summed E-state index contributed by atoms with van der Waals surface area (Å²) in [6.45, 7) is 0. The number of nitrogens with one attached hydrogen (secondary N) is 1. The number of hydrogen-bond acceptors (Lipinski definition) is 1. The van der Waals surface area contributed by atoms with Crippen molar-refractivity contribution in [3.05, 3.63) is 45.1 Å². The highest BCUT2D eigenvalue weighted by Gasteiger charge is 2.25. The molecule has 1 saturated carbocycles. The second-order valence-corrected chi connectivity index (χ2v) is 5.47. The molecule has 0 aliphatic heterocycles. The molecule has 0 atom stereocenters. The van der Waals surface area contributed by atoms with Crippen molar-refractivity contribution in [1.29, 1.82) is 0 Å². The summed E-state index contributed by atoms with van der Waals surface area (Å²) < 4.78 is 3.88. The zero-order chi connectivity index (χ0) is 11.1. The fourth-order valence-electron chi connectivity index (χ4n) is 1.82. The summed E-state index contributed by atoms with van der Waals surface area (Å²) in [6, 6.07) is 10.2. The maximum Gasteiger partial charge on any atom is 0.127 e. The smallest absolute Gasteiger partial charge is 0.127 e. The molecule has 0 amide bonds. The van der Waals surface area contributed by atoms with Gasteiger partial charge in [-0.1, -0.05) is 34.2 Å². The van der Waals surface area contributed by atoms with Crippen LogP contribution in [0.4, 0.5) is 0 Å². The van der Waals surface area contributed by atoms with Crippen LogP contribution in [0, 0.1) is 4.64 Å². The van der Waals surface area contributed by atoms with E-state index in [1.807, 2.05) is 22.9 Å². The first kappa shape index (κ1) is 10.3. The Morgan fingerprint density at radius 1 is 1.31 bits per heavy atom. The number of nitrogens with zero attached hydrogens (tertiary/aromatic N) is 1. The molecule has 2 aromatic rings. The van der Waals surface area contributed by atoms with Gasteiger partial charge in [-0.2, -0.15) is 0 Å². The molecule has 0 radical (unpaired) electrons. The van der Waals surface area contributed by atoms with E-state index in [9.17, 15) is 0 Å². The molecule has 1 aromatic carbocycles. The molecule has 0 bridgehead atoms. The van der Waals surface area contributed by atoms with Crippen molar-refractivity contribution < 1.29 is 0 Å². The van der Waals surface area contributed by atoms with Crippen LogP contribution in [0.2, 0.25) is 0 Å². The Morgan fingerprint density at radius 3 is 2.81 bits per heavy atom. The lowest BCUT2D eigenvalue weighted by atomic mass is 10.3. The predicted octanol–water partition coefficient (Wildman–Crippen LogP) is 4.17. The Kier molecular flexibility index (Phi) is 2.48. The minimum Gasteiger partial charge on any atom is -0.297 e. The summed E-state index contributed by atoms with van der Waals surface area (Å²) in [6.07, 6.45) is 2.57. The highest BCUT2D eigenvalue weighted by atomic mass is 79.9. The van der Waals surface area contributed by atoms with E-state index in [-0.39, 0.29) is 0 Å². The minimum absolute atomic E-state index is 0.704. The van der Waals surface area contributed by atoms with Gasteiger partial charge in [-0.15, -0.1) is 0 Å². The van der Waals surface area contributed by atoms with Gasteiger partial charge in [0.25, 0.3) is 0 Å². The maximum atomic E-state index is 5.36. The fourth-order valence-corrected chi connectivity index (χ4v) is 2.49. The van der Waals surface area contributed by atoms with Crippen molar-refractivity contribution in [3.63, 3.8) is 0 Å². The molecule has 1 aliphatic rings. The Balaban J connectivity index is 2.08. The van der Waals surface area contributed by atoms with Crippen LogP contribution in [-0.4, -0.2) is 9.78 Å². The first-order valence-electron chi connectivity index (χ1n) is 5.32. The Morgan fingerprint density at radius 2 is 2.12 bits per heavy atom. The predicted molar refractivity (Wildman–Crippen MR) is 70.6 cm³/mol. The third-order valence-corrected chi connectivity index (χ3v) is 3.62. The van der Waals surface area contributed by atoms with Crippen LogP contribution >= 0.6 is 28.1 Å². The van der Waals surface area contributed by atoms with Gasteiger partial charge < -0.3 is 0 Å². The minimum atomic E-state index is 0.704. The SMILES string of the molecule is S=c1cc(C2CC2)[nH]n1-c1cccc(Br)c1. The van der Waals surface area contributed by atoms with E-state index in [4.69, 9.17) is 12.2 Å². The van der Waals surface area contributed by atoms with E-state index in [0.717, 1.165) is 14.8 Å². The molecule has 1 aliphatic carbocycles. The highest BCUT2D eigenvalue weighted by Crippen LogP contribution is 2.39. The van der Waals surface area contributed by atoms with Crippen LogP contribution in [0.25, 0.3) is 5.69 Å². The standard InChI is InChI=1S/C12H11BrN2S/c13-9-2-1-3-10(6-9)15-12(16)7-11(14-15)8-4-5-8/h1-3,6-8,14H,4-5H2. The van der Waals surface area contributed by atoms with Crippen molar-refractivity contribution in [1.82, 2.24) is 9.78 Å². The molecule has 16 heavy (non-hydrogen) atoms. The second-order valence-electron chi connectivity index (χ2n) is 4.14. The van der Waals surface area contributed by atoms with Gasteiger partial charge in [0.05, 0.1) is 5.69 Å². The highest BCUT2D eigenvalue weighted by molar-refractivity contribution is 9.10. The van der Waals surface area contributed by atoms with E-state index < -0.39 is 0 Å². The third kappa shape index (κ3) is 1.87. The molecule has 82 valence electrons. The van der Waals surface area contributed by atoms with Crippen LogP contribution in [-0.2, 0) is 0 Å². The number of aromatic nitrogens is 2. The van der Waals surface area contributed by atoms with E-state index in [1.165, 1.54) is 18.5 Å². The lowest BCUT2D eigenvalue weighted by molar-refractivity contribution is 0.829. The molecule has 4 heteroatoms. The van der Waals surface area contributed by atoms with Gasteiger partial charge in [-0.05, 0) is 37.1 Å². The van der Waals surface area contributed by atoms with E-state index >= 15 is 0 Å². The van der Waals surface area contributed by atoms with E-state index in [0.29, 0.717) is 5.92 Å². The molecule has 1 heterocycles. The molecule has 0 saturated heterocycles. The third-order valence-electron chi connectivity index (χ3n) is 2.82. The fraction of sp³-hybridized carbons (Fsp3) is 0.250. The Hall–Kier alpha value is -0.870. The van der Waals surface area contributed by atoms with Crippen molar-refractivity contribution in [2.24, 2.45) is 0 Å². The molecule has 1 aromatic heterocycles. The summed E-state index contributed by atoms with van der Waals surface area (Å²) in [7, 11) is 0. The normalized spacial score (nSPS) is 15.3. The van der Waals surface area contributed by atoms with Crippen LogP contribution < -0.4 is 0 Å². The molecule has 2 nitrogen and oxygen atoms in total. The van der Waals surface area contributed by atoms with Gasteiger partial charge in [0, 0.05) is 16.1 Å².